The Bertz CT molecular complexity index is 8530. The third-order valence-corrected chi connectivity index (χ3v) is 28.7. The van der Waals surface area contributed by atoms with E-state index in [9.17, 15) is 1.37 Å². The van der Waals surface area contributed by atoms with Gasteiger partial charge < -0.3 is 0 Å². The predicted molar refractivity (Wildman–Crippen MR) is 613 cm³/mol. The van der Waals surface area contributed by atoms with Gasteiger partial charge in [0, 0.05) is 72.2 Å². The quantitative estimate of drug-likeness (QED) is 0.116. The van der Waals surface area contributed by atoms with Crippen LogP contribution < -0.4 is 18.3 Å². The molecule has 8 heteroatoms. The van der Waals surface area contributed by atoms with Crippen molar-refractivity contribution in [1.82, 2.24) is 18.3 Å². The highest BCUT2D eigenvalue weighted by molar-refractivity contribution is 5.88. The summed E-state index contributed by atoms with van der Waals surface area (Å²) in [5.74, 6) is 3.83. The van der Waals surface area contributed by atoms with Crippen LogP contribution >= 0.6 is 0 Å². The number of para-hydroxylation sites is 11. The molecule has 736 valence electrons. The summed E-state index contributed by atoms with van der Waals surface area (Å²) >= 11 is 0. The molecule has 0 aliphatic rings. The topological polar surface area (TPSA) is 35.2 Å². The molecule has 0 saturated heterocycles. The molecule has 4 aromatic heterocycles. The second-order valence-electron chi connectivity index (χ2n) is 47.5. The van der Waals surface area contributed by atoms with Crippen LogP contribution in [0.2, 0.25) is 0 Å². The first-order valence-corrected chi connectivity index (χ1v) is 51.0. The number of aryl methyl sites for hydroxylation is 1. The van der Waals surface area contributed by atoms with Gasteiger partial charge in [-0.2, -0.15) is 32.0 Å². The van der Waals surface area contributed by atoms with Crippen molar-refractivity contribution in [3.63, 3.8) is 0 Å². The van der Waals surface area contributed by atoms with E-state index in [2.05, 4.69) is 441 Å². The van der Waals surface area contributed by atoms with Crippen LogP contribution in [0, 0.1) is 62.3 Å². The molecule has 19 aromatic rings. The van der Waals surface area contributed by atoms with Crippen LogP contribution in [0.15, 0.2) is 327 Å². The summed E-state index contributed by atoms with van der Waals surface area (Å²) in [6, 6.07) is 92.9. The lowest BCUT2D eigenvalue weighted by Gasteiger charge is -2.28. The highest BCUT2D eigenvalue weighted by Gasteiger charge is 2.39. The minimum atomic E-state index is -2.24. The molecule has 144 heavy (non-hydrogen) atoms. The van der Waals surface area contributed by atoms with Crippen molar-refractivity contribution in [2.45, 2.75) is 272 Å². The number of hydrogen-bond donors (Lipinski definition) is 0. The van der Waals surface area contributed by atoms with Gasteiger partial charge in [-0.25, -0.2) is 4.57 Å². The normalized spacial score (nSPS) is 13.6. The molecule has 0 fully saturated rings. The molecule has 0 saturated carbocycles. The van der Waals surface area contributed by atoms with Crippen LogP contribution in [-0.2, 0) is 50.3 Å². The first-order chi connectivity index (χ1) is 72.7. The van der Waals surface area contributed by atoms with E-state index in [1.54, 1.807) is 25.1 Å². The smallest absolute Gasteiger partial charge is 0.230 e. The van der Waals surface area contributed by atoms with Crippen LogP contribution in [0.4, 0.5) is 0 Å². The van der Waals surface area contributed by atoms with Crippen molar-refractivity contribution in [2.75, 3.05) is 0 Å². The first-order valence-electron chi connectivity index (χ1n) is 57.0. The van der Waals surface area contributed by atoms with Gasteiger partial charge >= 0.3 is 0 Å². The molecule has 0 aliphatic heterocycles. The third kappa shape index (κ3) is 20.2. The Morgan fingerprint density at radius 1 is 0.243 bits per heavy atom. The molecule has 19 rings (SSSR count). The molecule has 0 bridgehead atoms. The van der Waals surface area contributed by atoms with Gasteiger partial charge in [-0.1, -0.05) is 414 Å². The number of benzene rings is 15. The molecule has 0 aliphatic carbocycles. The van der Waals surface area contributed by atoms with E-state index in [0.29, 0.717) is 22.6 Å². The SMILES string of the molecule is Cc1c(-[n+]2c(C)n(-c3ccccc3)c3ccccc32)cc(C(C)(C)C)cc1C(C)(C)C.Cc1c(-n2c(C)[n+](-c3c(-c4ccccc4)cccc3-c3ccccc3)c3ccccc32)cc(C(C)(C)C)cc1C(C)(C)C.[2H]C([2H])([2H])[n+]1c(C)n(-c2cc(C(C)(C)C)cc(C(C)(C)C)c2C)c2ccccc21.[2H]c1c([2H])c([2H])c(-c2cccc(-c3c([2H])c([2H])c([2H])c(C)c3[2H])c2-[n+]2c(C)n(-c3cc(C(C)(C)C)cc(C(C)(C)C)c3C)c3ccccc32)c([2H])c1[2H]. The lowest BCUT2D eigenvalue weighted by atomic mass is 9.78. The number of imidazole rings is 4. The van der Waals surface area contributed by atoms with Crippen molar-refractivity contribution in [1.29, 1.82) is 0 Å². The van der Waals surface area contributed by atoms with Gasteiger partial charge in [0.15, 0.2) is 44.1 Å². The highest BCUT2D eigenvalue weighted by atomic mass is 15.2. The average Bonchev–Trinajstić information content (AvgIpc) is 1.57. The highest BCUT2D eigenvalue weighted by Crippen LogP contribution is 2.46. The second-order valence-corrected chi connectivity index (χ2v) is 47.5. The largest absolute Gasteiger partial charge is 0.264 e. The fraction of sp³-hybridized carbons (Fsp3) is 0.309. The van der Waals surface area contributed by atoms with Gasteiger partial charge in [-0.15, -0.1) is 0 Å². The van der Waals surface area contributed by atoms with Gasteiger partial charge in [0.1, 0.15) is 39.8 Å². The Labute approximate surface area is 878 Å². The number of rotatable bonds is 11. The fourth-order valence-corrected chi connectivity index (χ4v) is 21.1. The molecular formula is C136H156N8+4. The lowest BCUT2D eigenvalue weighted by Crippen LogP contribution is -2.36. The van der Waals surface area contributed by atoms with E-state index in [-0.39, 0.29) is 96.3 Å². The van der Waals surface area contributed by atoms with E-state index in [4.69, 9.17) is 15.1 Å². The summed E-state index contributed by atoms with van der Waals surface area (Å²) in [4.78, 5) is 0. The first kappa shape index (κ1) is 87.9. The van der Waals surface area contributed by atoms with Crippen LogP contribution in [0.25, 0.3) is 128 Å². The Morgan fingerprint density at radius 3 is 0.917 bits per heavy atom. The third-order valence-electron chi connectivity index (χ3n) is 28.7. The lowest BCUT2D eigenvalue weighted by molar-refractivity contribution is -0.652. The molecule has 0 radical (unpaired) electrons. The maximum absolute atomic E-state index is 9.18. The van der Waals surface area contributed by atoms with E-state index in [0.717, 1.165) is 44.8 Å². The van der Waals surface area contributed by atoms with Crippen molar-refractivity contribution < 1.29 is 34.7 Å². The van der Waals surface area contributed by atoms with Crippen LogP contribution in [0.3, 0.4) is 0 Å². The van der Waals surface area contributed by atoms with Crippen LogP contribution in [0.5, 0.6) is 0 Å². The Hall–Kier alpha value is -13.8. The van der Waals surface area contributed by atoms with Gasteiger partial charge in [0.2, 0.25) is 0 Å². The van der Waals surface area contributed by atoms with Crippen LogP contribution in [-0.4, -0.2) is 18.3 Å². The minimum absolute atomic E-state index is 0.0146. The Balaban J connectivity index is 0.000000151. The molecule has 4 heterocycles. The van der Waals surface area contributed by atoms with Crippen LogP contribution in [0.1, 0.15) is 278 Å². The molecule has 0 amide bonds. The Kier molecular flexibility index (Phi) is 24.0. The molecule has 0 unspecified atom stereocenters. The molecular weight excluding hydrogens is 1750 g/mol. The number of hydrogen-bond acceptors (Lipinski definition) is 0. The summed E-state index contributed by atoms with van der Waals surface area (Å²) in [6.45, 7) is 70.9. The minimum Gasteiger partial charge on any atom is -0.230 e. The summed E-state index contributed by atoms with van der Waals surface area (Å²) in [5.41, 5.74) is 36.6. The van der Waals surface area contributed by atoms with Crippen molar-refractivity contribution >= 4 is 44.1 Å². The second kappa shape index (κ2) is 39.4. The zero-order valence-electron chi connectivity index (χ0n) is 104. The van der Waals surface area contributed by atoms with Crippen molar-refractivity contribution in [3.8, 4) is 84.3 Å². The zero-order valence-corrected chi connectivity index (χ0v) is 91.6. The average molecular weight is 1910 g/mol. The van der Waals surface area contributed by atoms with E-state index >= 15 is 0 Å². The summed E-state index contributed by atoms with van der Waals surface area (Å²) in [5, 5.41) is 0. The number of fused-ring (bicyclic) bond motifs is 4. The molecule has 15 aromatic carbocycles. The molecule has 8 nitrogen and oxygen atoms in total. The van der Waals surface area contributed by atoms with Crippen molar-refractivity contribution in [2.24, 2.45) is 6.98 Å². The standard InChI is InChI=1S/C42H45N2.C41H43N2.C29H35N2.C24H33N2/c1-28-17-15-20-32(25-28)35-22-16-21-34(31-18-11-10-12-19-31)40(35)44-30(3)43(37-23-13-14-24-38(37)44)39-27-33(41(4,5)6)26-36(29(39)2)42(7,8)9;1-28-35(41(6,7)8)26-32(40(3,4)5)27-38(28)42-29(2)43(37-25-16-15-24-36(37)42)39-33(30-18-11-9-12-19-30)22-17-23-34(39)31-20-13-10-14-21-31;1-20-24(29(6,7)8)18-22(28(3,4)5)19-27(20)31-21(2)30(23-14-10-9-11-15-23)25-16-12-13-17-26(25)31;1-16-19(24(6,7)8)14-18(23(3,4)5)15-22(16)26-17(2)25(9)20-12-10-11-13-21(20)26/h10-27H,1-9H3;9-27H,1-8H3;9-19H,1-8H3;10-15H,1-9H3/q4*+1/i10D,11D,12D,15D,17D,18D,19D,20D,25D;;;9D3. The molecule has 0 spiro atoms. The maximum Gasteiger partial charge on any atom is 0.264 e. The van der Waals surface area contributed by atoms with E-state index in [1.807, 2.05) is 66.9 Å². The Morgan fingerprint density at radius 2 is 0.542 bits per heavy atom. The number of aromatic nitrogens is 8. The zero-order chi connectivity index (χ0) is 114. The summed E-state index contributed by atoms with van der Waals surface area (Å²) in [7, 11) is 0. The van der Waals surface area contributed by atoms with Crippen molar-refractivity contribution in [3.05, 3.63) is 423 Å². The monoisotopic (exact) mass is 1910 g/mol. The van der Waals surface area contributed by atoms with E-state index in [1.165, 1.54) is 144 Å². The van der Waals surface area contributed by atoms with Gasteiger partial charge in [-0.05, 0) is 230 Å². The molecule has 0 N–H and O–H groups in total. The maximum atomic E-state index is 9.18. The summed E-state index contributed by atoms with van der Waals surface area (Å²) < 4.78 is 121. The van der Waals surface area contributed by atoms with Gasteiger partial charge in [-0.3, -0.25) is 0 Å². The summed E-state index contributed by atoms with van der Waals surface area (Å²) in [6.07, 6.45) is 0. The fourth-order valence-electron chi connectivity index (χ4n) is 21.1. The van der Waals surface area contributed by atoms with Gasteiger partial charge in [0.05, 0.1) is 23.4 Å². The number of nitrogens with zero attached hydrogens (tertiary/aromatic N) is 8. The van der Waals surface area contributed by atoms with Gasteiger partial charge in [0.25, 0.3) is 23.3 Å². The predicted octanol–water partition coefficient (Wildman–Crippen LogP) is 34.0. The van der Waals surface area contributed by atoms with E-state index < -0.39 is 25.1 Å². The molecule has 0 atom stereocenters.